The van der Waals surface area contributed by atoms with Gasteiger partial charge in [0.15, 0.2) is 0 Å². The Kier molecular flexibility index (Phi) is 7.73. The maximum absolute atomic E-state index is 13.6. The summed E-state index contributed by atoms with van der Waals surface area (Å²) < 4.78 is 35.8. The smallest absolute Gasteiger partial charge is 0.316 e. The van der Waals surface area contributed by atoms with Gasteiger partial charge < -0.3 is 9.64 Å². The molecule has 12 heteroatoms. The first-order valence-electron chi connectivity index (χ1n) is 13.8. The lowest BCUT2D eigenvalue weighted by atomic mass is 10.1. The third-order valence-electron chi connectivity index (χ3n) is 7.78. The standard InChI is InChI=1S/C30H31ClN6O4S/c1-30(8-9-30)20-41-28-27(18-34-37(29(28)38)26-7-3-6-25(31)15-26)35-10-12-36(13-11-35)42(39,40)19-22-4-2-5-23(14-22)24-16-32-21-33-17-24/h2-7,14-18,21H,8-13,19-20H2,1H3. The Morgan fingerprint density at radius 3 is 2.40 bits per heavy atom. The van der Waals surface area contributed by atoms with Crippen LogP contribution in [0, 0.1) is 5.41 Å². The molecular formula is C30H31ClN6O4S. The van der Waals surface area contributed by atoms with Gasteiger partial charge in [0.1, 0.15) is 12.0 Å². The highest BCUT2D eigenvalue weighted by molar-refractivity contribution is 7.88. The summed E-state index contributed by atoms with van der Waals surface area (Å²) in [6.45, 7) is 3.92. The molecule has 0 atom stereocenters. The zero-order chi connectivity index (χ0) is 29.3. The third-order valence-corrected chi connectivity index (χ3v) is 9.86. The summed E-state index contributed by atoms with van der Waals surface area (Å²) in [5, 5.41) is 4.92. The molecule has 2 aliphatic rings. The van der Waals surface area contributed by atoms with Gasteiger partial charge in [-0.25, -0.2) is 18.4 Å². The number of hydrogen-bond acceptors (Lipinski definition) is 8. The van der Waals surface area contributed by atoms with E-state index >= 15 is 0 Å². The van der Waals surface area contributed by atoms with Crippen LogP contribution in [0.25, 0.3) is 16.8 Å². The predicted molar refractivity (Wildman–Crippen MR) is 162 cm³/mol. The van der Waals surface area contributed by atoms with Crippen molar-refractivity contribution in [1.82, 2.24) is 24.1 Å². The number of benzene rings is 2. The molecule has 10 nitrogen and oxygen atoms in total. The molecule has 3 heterocycles. The van der Waals surface area contributed by atoms with Gasteiger partial charge >= 0.3 is 5.56 Å². The summed E-state index contributed by atoms with van der Waals surface area (Å²) in [5.41, 5.74) is 3.17. The van der Waals surface area contributed by atoms with E-state index in [0.29, 0.717) is 41.7 Å². The highest BCUT2D eigenvalue weighted by atomic mass is 35.5. The van der Waals surface area contributed by atoms with Crippen LogP contribution in [-0.4, -0.2) is 65.3 Å². The van der Waals surface area contributed by atoms with Crippen molar-refractivity contribution in [2.75, 3.05) is 37.7 Å². The van der Waals surface area contributed by atoms with Gasteiger partial charge in [-0.3, -0.25) is 4.79 Å². The number of sulfonamides is 1. The SMILES string of the molecule is CC1(COc2c(N3CCN(S(=O)(=O)Cc4cccc(-c5cncnc5)c4)CC3)cnn(-c3cccc(Cl)c3)c2=O)CC1. The van der Waals surface area contributed by atoms with Gasteiger partial charge in [-0.15, -0.1) is 0 Å². The Bertz CT molecular complexity index is 1750. The second-order valence-electron chi connectivity index (χ2n) is 11.1. The molecule has 218 valence electrons. The average Bonchev–Trinajstić information content (AvgIpc) is 3.74. The van der Waals surface area contributed by atoms with Gasteiger partial charge in [-0.05, 0) is 48.2 Å². The molecule has 6 rings (SSSR count). The summed E-state index contributed by atoms with van der Waals surface area (Å²) in [6, 6.07) is 14.4. The van der Waals surface area contributed by atoms with E-state index in [1.165, 1.54) is 15.3 Å². The topological polar surface area (TPSA) is 111 Å². The molecule has 2 aromatic heterocycles. The van der Waals surface area contributed by atoms with Crippen LogP contribution < -0.4 is 15.2 Å². The number of rotatable bonds is 9. The number of piperazine rings is 1. The second kappa shape index (κ2) is 11.5. The molecule has 1 saturated carbocycles. The van der Waals surface area contributed by atoms with E-state index in [9.17, 15) is 13.2 Å². The van der Waals surface area contributed by atoms with Crippen molar-refractivity contribution in [3.05, 3.63) is 94.4 Å². The zero-order valence-corrected chi connectivity index (χ0v) is 24.8. The minimum atomic E-state index is -3.58. The highest BCUT2D eigenvalue weighted by Crippen LogP contribution is 2.45. The fraction of sp³-hybridized carbons (Fsp3) is 0.333. The molecular weight excluding hydrogens is 576 g/mol. The van der Waals surface area contributed by atoms with Crippen LogP contribution >= 0.6 is 11.6 Å². The second-order valence-corrected chi connectivity index (χ2v) is 13.5. The maximum atomic E-state index is 13.6. The van der Waals surface area contributed by atoms with Crippen LogP contribution in [0.2, 0.25) is 5.02 Å². The Labute approximate surface area is 249 Å². The Hall–Kier alpha value is -3.80. The quantitative estimate of drug-likeness (QED) is 0.279. The fourth-order valence-electron chi connectivity index (χ4n) is 4.98. The number of anilines is 1. The Balaban J connectivity index is 1.19. The van der Waals surface area contributed by atoms with E-state index in [0.717, 1.165) is 24.0 Å². The van der Waals surface area contributed by atoms with E-state index in [1.807, 2.05) is 29.2 Å². The number of ether oxygens (including phenoxy) is 1. The average molecular weight is 607 g/mol. The largest absolute Gasteiger partial charge is 0.486 e. The molecule has 1 aliphatic carbocycles. The van der Waals surface area contributed by atoms with Crippen LogP contribution in [0.3, 0.4) is 0 Å². The summed E-state index contributed by atoms with van der Waals surface area (Å²) in [6.07, 6.45) is 8.58. The van der Waals surface area contributed by atoms with Crippen molar-refractivity contribution in [3.8, 4) is 22.6 Å². The number of halogens is 1. The lowest BCUT2D eigenvalue weighted by Crippen LogP contribution is -2.49. The number of aromatic nitrogens is 4. The highest BCUT2D eigenvalue weighted by Gasteiger charge is 2.39. The van der Waals surface area contributed by atoms with E-state index in [4.69, 9.17) is 16.3 Å². The van der Waals surface area contributed by atoms with Crippen LogP contribution in [0.15, 0.2) is 78.2 Å². The lowest BCUT2D eigenvalue weighted by molar-refractivity contribution is 0.242. The molecule has 1 saturated heterocycles. The minimum Gasteiger partial charge on any atom is -0.486 e. The van der Waals surface area contributed by atoms with Crippen molar-refractivity contribution in [2.24, 2.45) is 5.41 Å². The van der Waals surface area contributed by atoms with Crippen molar-refractivity contribution in [1.29, 1.82) is 0 Å². The molecule has 42 heavy (non-hydrogen) atoms. The third kappa shape index (κ3) is 6.18. The van der Waals surface area contributed by atoms with E-state index < -0.39 is 10.0 Å². The molecule has 1 aliphatic heterocycles. The van der Waals surface area contributed by atoms with Crippen molar-refractivity contribution >= 4 is 27.3 Å². The molecule has 0 radical (unpaired) electrons. The first-order chi connectivity index (χ1) is 20.2. The van der Waals surface area contributed by atoms with E-state index in [-0.39, 0.29) is 35.6 Å². The molecule has 2 aromatic carbocycles. The summed E-state index contributed by atoms with van der Waals surface area (Å²) >= 11 is 6.17. The Morgan fingerprint density at radius 1 is 0.952 bits per heavy atom. The molecule has 0 N–H and O–H groups in total. The lowest BCUT2D eigenvalue weighted by Gasteiger charge is -2.35. The number of hydrogen-bond donors (Lipinski definition) is 0. The van der Waals surface area contributed by atoms with Gasteiger partial charge in [0, 0.05) is 54.6 Å². The van der Waals surface area contributed by atoms with Gasteiger partial charge in [0.05, 0.1) is 24.2 Å². The van der Waals surface area contributed by atoms with Gasteiger partial charge in [0.2, 0.25) is 15.8 Å². The van der Waals surface area contributed by atoms with Crippen LogP contribution in [0.1, 0.15) is 25.3 Å². The fourth-order valence-corrected chi connectivity index (χ4v) is 6.67. The van der Waals surface area contributed by atoms with Crippen LogP contribution in [-0.2, 0) is 15.8 Å². The normalized spacial score (nSPS) is 16.8. The minimum absolute atomic E-state index is 0.0610. The van der Waals surface area contributed by atoms with Crippen LogP contribution in [0.5, 0.6) is 5.75 Å². The molecule has 4 aromatic rings. The van der Waals surface area contributed by atoms with Crippen LogP contribution in [0.4, 0.5) is 5.69 Å². The van der Waals surface area contributed by atoms with Crippen molar-refractivity contribution in [3.63, 3.8) is 0 Å². The molecule has 0 spiro atoms. The van der Waals surface area contributed by atoms with Gasteiger partial charge in [-0.1, -0.05) is 42.8 Å². The van der Waals surface area contributed by atoms with Gasteiger partial charge in [-0.2, -0.15) is 14.1 Å². The maximum Gasteiger partial charge on any atom is 0.316 e. The Morgan fingerprint density at radius 2 is 1.69 bits per heavy atom. The van der Waals surface area contributed by atoms with Crippen molar-refractivity contribution < 1.29 is 13.2 Å². The summed E-state index contributed by atoms with van der Waals surface area (Å²) in [4.78, 5) is 23.7. The van der Waals surface area contributed by atoms with Crippen molar-refractivity contribution in [2.45, 2.75) is 25.5 Å². The van der Waals surface area contributed by atoms with E-state index in [2.05, 4.69) is 22.0 Å². The first-order valence-corrected chi connectivity index (χ1v) is 15.8. The molecule has 0 unspecified atom stereocenters. The predicted octanol–water partition coefficient (Wildman–Crippen LogP) is 4.17. The van der Waals surface area contributed by atoms with Gasteiger partial charge in [0.25, 0.3) is 0 Å². The monoisotopic (exact) mass is 606 g/mol. The summed E-state index contributed by atoms with van der Waals surface area (Å²) in [5.74, 6) is 0.106. The molecule has 2 fully saturated rings. The first kappa shape index (κ1) is 28.3. The summed E-state index contributed by atoms with van der Waals surface area (Å²) in [7, 11) is -3.58. The molecule has 0 bridgehead atoms. The van der Waals surface area contributed by atoms with E-state index in [1.54, 1.807) is 42.9 Å². The molecule has 0 amide bonds. The number of nitrogens with zero attached hydrogens (tertiary/aromatic N) is 6. The zero-order valence-electron chi connectivity index (χ0n) is 23.2.